The quantitative estimate of drug-likeness (QED) is 0.819. The van der Waals surface area contributed by atoms with E-state index in [0.717, 1.165) is 30.8 Å². The summed E-state index contributed by atoms with van der Waals surface area (Å²) in [5, 5.41) is 10.3. The molecule has 0 unspecified atom stereocenters. The number of H-pyrrole nitrogens is 1. The van der Waals surface area contributed by atoms with Gasteiger partial charge in [-0.1, -0.05) is 0 Å². The lowest BCUT2D eigenvalue weighted by Crippen LogP contribution is -2.48. The van der Waals surface area contributed by atoms with Crippen LogP contribution in [0.3, 0.4) is 0 Å². The number of carbonyl (C=O) groups excluding carboxylic acids is 1. The normalized spacial score (nSPS) is 19.8. The predicted octanol–water partition coefficient (Wildman–Crippen LogP) is 2.67. The molecule has 106 valence electrons. The van der Waals surface area contributed by atoms with Crippen LogP contribution in [0.15, 0.2) is 0 Å². The standard InChI is InChI=1S/C14H24N4O/c1-9-12(10(2)17-16-9)11-7-6-8-18(11)13(19)15-14(3,4)5/h11H,6-8H2,1-5H3,(H,15,19)(H,16,17)/t11-/m1/s1. The zero-order valence-corrected chi connectivity index (χ0v) is 12.5. The second-order valence-electron chi connectivity index (χ2n) is 6.38. The number of hydrogen-bond donors (Lipinski definition) is 2. The number of hydrogen-bond acceptors (Lipinski definition) is 2. The van der Waals surface area contributed by atoms with Gasteiger partial charge in [-0.2, -0.15) is 5.10 Å². The van der Waals surface area contributed by atoms with Gasteiger partial charge in [0.05, 0.1) is 11.7 Å². The minimum absolute atomic E-state index is 0.0231. The van der Waals surface area contributed by atoms with Crippen LogP contribution in [0.2, 0.25) is 0 Å². The first-order valence-electron chi connectivity index (χ1n) is 6.90. The molecule has 5 nitrogen and oxygen atoms in total. The second kappa shape index (κ2) is 4.87. The van der Waals surface area contributed by atoms with Crippen LogP contribution in [0.25, 0.3) is 0 Å². The largest absolute Gasteiger partial charge is 0.333 e. The summed E-state index contributed by atoms with van der Waals surface area (Å²) in [6.45, 7) is 10.8. The molecule has 2 rings (SSSR count). The fourth-order valence-corrected chi connectivity index (χ4v) is 2.75. The number of urea groups is 1. The predicted molar refractivity (Wildman–Crippen MR) is 75.0 cm³/mol. The van der Waals surface area contributed by atoms with Crippen molar-refractivity contribution in [3.8, 4) is 0 Å². The molecule has 2 N–H and O–H groups in total. The van der Waals surface area contributed by atoms with Crippen LogP contribution >= 0.6 is 0 Å². The van der Waals surface area contributed by atoms with E-state index in [1.54, 1.807) is 0 Å². The topological polar surface area (TPSA) is 61.0 Å². The molecule has 1 aliphatic rings. The molecular formula is C14H24N4O. The number of rotatable bonds is 1. The third-order valence-corrected chi connectivity index (χ3v) is 3.51. The zero-order valence-electron chi connectivity index (χ0n) is 12.5. The van der Waals surface area contributed by atoms with E-state index in [1.165, 1.54) is 5.56 Å². The number of amides is 2. The number of nitrogens with one attached hydrogen (secondary N) is 2. The Kier molecular flexibility index (Phi) is 3.56. The first kappa shape index (κ1) is 13.9. The molecule has 1 fully saturated rings. The van der Waals surface area contributed by atoms with E-state index in [2.05, 4.69) is 15.5 Å². The van der Waals surface area contributed by atoms with Crippen LogP contribution in [0, 0.1) is 13.8 Å². The Balaban J connectivity index is 2.20. The molecule has 2 heterocycles. The van der Waals surface area contributed by atoms with Crippen LogP contribution in [-0.4, -0.2) is 33.2 Å². The van der Waals surface area contributed by atoms with Crippen LogP contribution in [-0.2, 0) is 0 Å². The van der Waals surface area contributed by atoms with Gasteiger partial charge in [0.25, 0.3) is 0 Å². The summed E-state index contributed by atoms with van der Waals surface area (Å²) in [7, 11) is 0. The van der Waals surface area contributed by atoms with E-state index < -0.39 is 0 Å². The van der Waals surface area contributed by atoms with E-state index in [9.17, 15) is 4.79 Å². The molecule has 0 aliphatic carbocycles. The lowest BCUT2D eigenvalue weighted by atomic mass is 10.0. The fraction of sp³-hybridized carbons (Fsp3) is 0.714. The van der Waals surface area contributed by atoms with E-state index in [-0.39, 0.29) is 17.6 Å². The molecule has 0 radical (unpaired) electrons. The Morgan fingerprint density at radius 3 is 2.63 bits per heavy atom. The fourth-order valence-electron chi connectivity index (χ4n) is 2.75. The van der Waals surface area contributed by atoms with Crippen molar-refractivity contribution in [1.29, 1.82) is 0 Å². The van der Waals surface area contributed by atoms with Crippen molar-refractivity contribution in [1.82, 2.24) is 20.4 Å². The maximum Gasteiger partial charge on any atom is 0.318 e. The van der Waals surface area contributed by atoms with Gasteiger partial charge in [0.2, 0.25) is 0 Å². The molecule has 0 bridgehead atoms. The van der Waals surface area contributed by atoms with Gasteiger partial charge in [-0.25, -0.2) is 4.79 Å². The monoisotopic (exact) mass is 264 g/mol. The minimum atomic E-state index is -0.204. The molecule has 0 aromatic carbocycles. The zero-order chi connectivity index (χ0) is 14.2. The summed E-state index contributed by atoms with van der Waals surface area (Å²) in [6.07, 6.45) is 2.06. The highest BCUT2D eigenvalue weighted by molar-refractivity contribution is 5.76. The maximum atomic E-state index is 12.4. The number of aryl methyl sites for hydroxylation is 2. The summed E-state index contributed by atoms with van der Waals surface area (Å²) in [5.41, 5.74) is 3.04. The smallest absolute Gasteiger partial charge is 0.318 e. The summed E-state index contributed by atoms with van der Waals surface area (Å²) in [5.74, 6) is 0. The van der Waals surface area contributed by atoms with Crippen LogP contribution in [0.5, 0.6) is 0 Å². The SMILES string of the molecule is Cc1n[nH]c(C)c1[C@H]1CCCN1C(=O)NC(C)(C)C. The van der Waals surface area contributed by atoms with E-state index >= 15 is 0 Å². The van der Waals surface area contributed by atoms with Crippen molar-refractivity contribution in [2.75, 3.05) is 6.54 Å². The summed E-state index contributed by atoms with van der Waals surface area (Å²) in [4.78, 5) is 14.3. The van der Waals surface area contributed by atoms with Crippen molar-refractivity contribution in [3.05, 3.63) is 17.0 Å². The van der Waals surface area contributed by atoms with Gasteiger partial charge in [0.1, 0.15) is 0 Å². The third kappa shape index (κ3) is 2.91. The van der Waals surface area contributed by atoms with Crippen molar-refractivity contribution in [2.24, 2.45) is 0 Å². The first-order valence-corrected chi connectivity index (χ1v) is 6.90. The van der Waals surface area contributed by atoms with Gasteiger partial charge >= 0.3 is 6.03 Å². The van der Waals surface area contributed by atoms with Crippen LogP contribution in [0.4, 0.5) is 4.79 Å². The van der Waals surface area contributed by atoms with Crippen molar-refractivity contribution >= 4 is 6.03 Å². The molecule has 1 aromatic rings. The highest BCUT2D eigenvalue weighted by atomic mass is 16.2. The number of aromatic amines is 1. The number of carbonyl (C=O) groups is 1. The molecule has 1 saturated heterocycles. The molecular weight excluding hydrogens is 240 g/mol. The molecule has 0 spiro atoms. The van der Waals surface area contributed by atoms with E-state index in [4.69, 9.17) is 0 Å². The van der Waals surface area contributed by atoms with E-state index in [0.29, 0.717) is 0 Å². The molecule has 2 amide bonds. The van der Waals surface area contributed by atoms with Gasteiger partial charge in [-0.15, -0.1) is 0 Å². The Morgan fingerprint density at radius 1 is 1.42 bits per heavy atom. The Hall–Kier alpha value is -1.52. The third-order valence-electron chi connectivity index (χ3n) is 3.51. The van der Waals surface area contributed by atoms with Gasteiger partial charge in [0.15, 0.2) is 0 Å². The number of nitrogens with zero attached hydrogens (tertiary/aromatic N) is 2. The highest BCUT2D eigenvalue weighted by Crippen LogP contribution is 2.34. The van der Waals surface area contributed by atoms with Crippen LogP contribution < -0.4 is 5.32 Å². The summed E-state index contributed by atoms with van der Waals surface area (Å²) >= 11 is 0. The summed E-state index contributed by atoms with van der Waals surface area (Å²) < 4.78 is 0. The van der Waals surface area contributed by atoms with Crippen LogP contribution in [0.1, 0.15) is 56.6 Å². The molecule has 1 aromatic heterocycles. The molecule has 1 aliphatic heterocycles. The average Bonchev–Trinajstić information content (AvgIpc) is 2.83. The highest BCUT2D eigenvalue weighted by Gasteiger charge is 2.34. The van der Waals surface area contributed by atoms with Gasteiger partial charge < -0.3 is 10.2 Å². The molecule has 0 saturated carbocycles. The Bertz CT molecular complexity index is 453. The first-order chi connectivity index (χ1) is 8.79. The van der Waals surface area contributed by atoms with Crippen molar-refractivity contribution < 1.29 is 4.79 Å². The average molecular weight is 264 g/mol. The van der Waals surface area contributed by atoms with Gasteiger partial charge in [-0.3, -0.25) is 5.10 Å². The lowest BCUT2D eigenvalue weighted by Gasteiger charge is -2.30. The molecule has 5 heteroatoms. The minimum Gasteiger partial charge on any atom is -0.333 e. The summed E-state index contributed by atoms with van der Waals surface area (Å²) in [6, 6.07) is 0.177. The van der Waals surface area contributed by atoms with Gasteiger partial charge in [0, 0.05) is 23.3 Å². The Morgan fingerprint density at radius 2 is 2.11 bits per heavy atom. The number of likely N-dealkylation sites (tertiary alicyclic amines) is 1. The van der Waals surface area contributed by atoms with Crippen molar-refractivity contribution in [2.45, 2.75) is 59.0 Å². The van der Waals surface area contributed by atoms with E-state index in [1.807, 2.05) is 39.5 Å². The van der Waals surface area contributed by atoms with Crippen molar-refractivity contribution in [3.63, 3.8) is 0 Å². The lowest BCUT2D eigenvalue weighted by molar-refractivity contribution is 0.183. The Labute approximate surface area is 114 Å². The van der Waals surface area contributed by atoms with Gasteiger partial charge in [-0.05, 0) is 47.5 Å². The maximum absolute atomic E-state index is 12.4. The molecule has 19 heavy (non-hydrogen) atoms. The number of aromatic nitrogens is 2. The molecule has 1 atom stereocenters. The second-order valence-corrected chi connectivity index (χ2v) is 6.38.